The second-order valence-corrected chi connectivity index (χ2v) is 9.78. The van der Waals surface area contributed by atoms with Gasteiger partial charge < -0.3 is 0 Å². The van der Waals surface area contributed by atoms with Crippen molar-refractivity contribution in [2.24, 2.45) is 0 Å². The fourth-order valence-electron chi connectivity index (χ4n) is 1.50. The van der Waals surface area contributed by atoms with Crippen molar-refractivity contribution in [1.82, 2.24) is 9.03 Å². The minimum absolute atomic E-state index is 0.178. The van der Waals surface area contributed by atoms with Crippen molar-refractivity contribution in [1.29, 1.82) is 0 Å². The Bertz CT molecular complexity index is 819. The molecule has 2 heterocycles. The van der Waals surface area contributed by atoms with E-state index in [4.69, 9.17) is 6.42 Å². The van der Waals surface area contributed by atoms with Gasteiger partial charge in [-0.15, -0.1) is 12.0 Å². The van der Waals surface area contributed by atoms with E-state index in [0.717, 1.165) is 4.52 Å². The second kappa shape index (κ2) is 3.90. The van der Waals surface area contributed by atoms with Crippen LogP contribution in [-0.2, 0) is 0 Å². The molecule has 0 saturated heterocycles. The van der Waals surface area contributed by atoms with Gasteiger partial charge in [-0.25, -0.2) is 0 Å². The zero-order chi connectivity index (χ0) is 13.5. The van der Waals surface area contributed by atoms with Crippen LogP contribution in [0.3, 0.4) is 0 Å². The normalized spacial score (nSPS) is 11.0. The van der Waals surface area contributed by atoms with Gasteiger partial charge in [-0.3, -0.25) is 14.1 Å². The summed E-state index contributed by atoms with van der Waals surface area (Å²) in [6, 6.07) is 0. The Hall–Kier alpha value is -2.24. The summed E-state index contributed by atoms with van der Waals surface area (Å²) in [7, 11) is -1.55. The fraction of sp³-hybridized carbons (Fsp3) is 0.231. The lowest BCUT2D eigenvalue weighted by atomic mass is 10.3. The zero-order valence-electron chi connectivity index (χ0n) is 10.4. The van der Waals surface area contributed by atoms with Crippen LogP contribution in [0, 0.1) is 23.8 Å². The quantitative estimate of drug-likeness (QED) is 0.506. The van der Waals surface area contributed by atoms with E-state index < -0.39 is 19.2 Å². The number of rotatable bonds is 0. The van der Waals surface area contributed by atoms with E-state index in [-0.39, 0.29) is 5.56 Å². The van der Waals surface area contributed by atoms with Gasteiger partial charge in [0.25, 0.3) is 11.1 Å². The van der Waals surface area contributed by atoms with Gasteiger partial charge in [0.1, 0.15) is 19.2 Å². The molecule has 0 unspecified atom stereocenters. The van der Waals surface area contributed by atoms with Crippen molar-refractivity contribution < 1.29 is 0 Å². The van der Waals surface area contributed by atoms with Crippen LogP contribution in [0.15, 0.2) is 22.0 Å². The first kappa shape index (κ1) is 12.2. The predicted octanol–water partition coefficient (Wildman–Crippen LogP) is 0.407. The summed E-state index contributed by atoms with van der Waals surface area (Å²) in [4.78, 5) is 23.7. The first-order chi connectivity index (χ1) is 8.33. The number of aromatic nitrogens is 2. The molecule has 0 radical (unpaired) electrons. The molecule has 0 aliphatic heterocycles. The molecule has 2 aromatic rings. The first-order valence-electron chi connectivity index (χ1n) is 5.44. The van der Waals surface area contributed by atoms with E-state index in [0.29, 0.717) is 5.56 Å². The smallest absolute Gasteiger partial charge is 0.266 e. The third-order valence-corrected chi connectivity index (χ3v) is 3.20. The molecule has 0 N–H and O–H groups in total. The van der Waals surface area contributed by atoms with Crippen molar-refractivity contribution in [2.75, 3.05) is 0 Å². The predicted molar refractivity (Wildman–Crippen MR) is 72.7 cm³/mol. The molecule has 0 fully saturated rings. The first-order valence-corrected chi connectivity index (χ1v) is 8.94. The molecule has 0 aromatic carbocycles. The topological polar surface area (TPSA) is 43.0 Å². The highest BCUT2D eigenvalue weighted by molar-refractivity contribution is 6.83. The summed E-state index contributed by atoms with van der Waals surface area (Å²) in [5, 5.41) is 0. The lowest BCUT2D eigenvalue weighted by molar-refractivity contribution is 0.805. The van der Waals surface area contributed by atoms with Crippen LogP contribution in [0.1, 0.15) is 11.1 Å². The van der Waals surface area contributed by atoms with Crippen LogP contribution in [0.25, 0.3) is 0 Å². The van der Waals surface area contributed by atoms with E-state index in [9.17, 15) is 9.59 Å². The summed E-state index contributed by atoms with van der Waals surface area (Å²) < 4.78 is 2.40. The molecular formula is C13H12N2O2Si. The van der Waals surface area contributed by atoms with E-state index in [2.05, 4.69) is 37.0 Å². The van der Waals surface area contributed by atoms with Gasteiger partial charge in [0, 0.05) is 12.4 Å². The number of hydrogen-bond donors (Lipinski definition) is 0. The van der Waals surface area contributed by atoms with Crippen LogP contribution >= 0.6 is 0 Å². The van der Waals surface area contributed by atoms with Crippen LogP contribution < -0.4 is 11.1 Å². The van der Waals surface area contributed by atoms with Crippen molar-refractivity contribution >= 4 is 8.07 Å². The summed E-state index contributed by atoms with van der Waals surface area (Å²) in [5.74, 6) is 5.11. The number of fused-ring (bicyclic) bond motifs is 1. The molecule has 2 aromatic heterocycles. The number of terminal acetylenes is 1. The molecule has 2 rings (SSSR count). The van der Waals surface area contributed by atoms with E-state index >= 15 is 0 Å². The average molecular weight is 256 g/mol. The van der Waals surface area contributed by atoms with Gasteiger partial charge in [0.15, 0.2) is 0 Å². The molecule has 4 nitrogen and oxygen atoms in total. The molecule has 18 heavy (non-hydrogen) atoms. The molecule has 0 aliphatic rings. The molecule has 0 saturated carbocycles. The van der Waals surface area contributed by atoms with Crippen molar-refractivity contribution in [3.8, 4) is 23.8 Å². The molecule has 0 aliphatic carbocycles. The third-order valence-electron chi connectivity index (χ3n) is 2.33. The monoisotopic (exact) mass is 256 g/mol. The summed E-state index contributed by atoms with van der Waals surface area (Å²) in [6.07, 6.45) is 8.18. The molecule has 0 spiro atoms. The molecule has 0 amide bonds. The third kappa shape index (κ3) is 1.96. The van der Waals surface area contributed by atoms with Crippen LogP contribution in [0.5, 0.6) is 0 Å². The van der Waals surface area contributed by atoms with Crippen LogP contribution in [0.4, 0.5) is 0 Å². The van der Waals surface area contributed by atoms with E-state index in [1.807, 2.05) is 0 Å². The lowest BCUT2D eigenvalue weighted by Crippen LogP contribution is -2.24. The van der Waals surface area contributed by atoms with Crippen LogP contribution in [-0.4, -0.2) is 17.1 Å². The van der Waals surface area contributed by atoms with Crippen LogP contribution in [0.2, 0.25) is 19.6 Å². The van der Waals surface area contributed by atoms with Gasteiger partial charge in [0.05, 0.1) is 0 Å². The van der Waals surface area contributed by atoms with Gasteiger partial charge >= 0.3 is 0 Å². The van der Waals surface area contributed by atoms with E-state index in [1.165, 1.54) is 16.9 Å². The molecule has 90 valence electrons. The Morgan fingerprint density at radius 2 is 1.67 bits per heavy atom. The Balaban J connectivity index is 2.68. The second-order valence-electron chi connectivity index (χ2n) is 5.03. The largest absolute Gasteiger partial charge is 0.290 e. The molecule has 0 atom stereocenters. The lowest BCUT2D eigenvalue weighted by Gasteiger charge is -2.02. The highest BCUT2D eigenvalue weighted by Crippen LogP contribution is 1.99. The number of nitrogens with zero attached hydrogens (tertiary/aromatic N) is 2. The average Bonchev–Trinajstić information content (AvgIpc) is 2.74. The number of hydrogen-bond acceptors (Lipinski definition) is 2. The Kier molecular flexibility index (Phi) is 2.65. The van der Waals surface area contributed by atoms with Crippen molar-refractivity contribution in [3.05, 3.63) is 44.2 Å². The maximum Gasteiger partial charge on any atom is 0.290 e. The Morgan fingerprint density at radius 3 is 2.17 bits per heavy atom. The summed E-state index contributed by atoms with van der Waals surface area (Å²) >= 11 is 0. The molecule has 0 bridgehead atoms. The van der Waals surface area contributed by atoms with Gasteiger partial charge in [-0.05, 0) is 0 Å². The summed E-state index contributed by atoms with van der Waals surface area (Å²) in [5.41, 5.74) is 2.73. The van der Waals surface area contributed by atoms with Crippen molar-refractivity contribution in [3.63, 3.8) is 0 Å². The highest BCUT2D eigenvalue weighted by atomic mass is 28.3. The van der Waals surface area contributed by atoms with Crippen molar-refractivity contribution in [2.45, 2.75) is 19.6 Å². The standard InChI is InChI=1S/C13H12N2O2Si/c1-5-10-8-14-9-11(6-7-18(2,3)4)13(17)15(14)12(10)16/h1,8-9H,2-4H3. The maximum atomic E-state index is 12.0. The molecular weight excluding hydrogens is 244 g/mol. The van der Waals surface area contributed by atoms with Gasteiger partial charge in [0.2, 0.25) is 0 Å². The maximum absolute atomic E-state index is 12.0. The Labute approximate surface area is 105 Å². The molecule has 5 heteroatoms. The highest BCUT2D eigenvalue weighted by Gasteiger charge is 2.13. The fourth-order valence-corrected chi connectivity index (χ4v) is 2.01. The summed E-state index contributed by atoms with van der Waals surface area (Å²) in [6.45, 7) is 6.26. The Morgan fingerprint density at radius 1 is 1.11 bits per heavy atom. The minimum atomic E-state index is -1.55. The zero-order valence-corrected chi connectivity index (χ0v) is 11.4. The van der Waals surface area contributed by atoms with E-state index in [1.54, 1.807) is 0 Å². The minimum Gasteiger partial charge on any atom is -0.266 e. The van der Waals surface area contributed by atoms with Gasteiger partial charge in [-0.2, -0.15) is 4.52 Å². The van der Waals surface area contributed by atoms with Gasteiger partial charge in [-0.1, -0.05) is 31.5 Å². The SMILES string of the molecule is C#Cc1cn2cc(C#C[Si](C)(C)C)c(=O)n2c1=O.